The van der Waals surface area contributed by atoms with Crippen LogP contribution >= 0.6 is 7.37 Å². The summed E-state index contributed by atoms with van der Waals surface area (Å²) in [6, 6.07) is 17.6. The predicted molar refractivity (Wildman–Crippen MR) is 84.4 cm³/mol. The largest absolute Gasteiger partial charge is 0.386 e. The Kier molecular flexibility index (Phi) is 5.50. The number of rotatable bonds is 6. The SMILES string of the molecule is O=C(Cc1ccccc1)N[C@@H](c1ccccc1)P(=O)(O)CO. The Bertz CT molecular complexity index is 660. The lowest BCUT2D eigenvalue weighted by Crippen LogP contribution is -2.30. The summed E-state index contributed by atoms with van der Waals surface area (Å²) in [6.07, 6.45) is -0.784. The Morgan fingerprint density at radius 1 is 1.05 bits per heavy atom. The molecule has 22 heavy (non-hydrogen) atoms. The number of nitrogens with one attached hydrogen (secondary N) is 1. The lowest BCUT2D eigenvalue weighted by atomic mass is 10.1. The maximum atomic E-state index is 12.2. The van der Waals surface area contributed by atoms with Crippen LogP contribution in [0.15, 0.2) is 60.7 Å². The molecule has 2 rings (SSSR count). The molecule has 2 aromatic carbocycles. The highest BCUT2D eigenvalue weighted by molar-refractivity contribution is 7.58. The minimum Gasteiger partial charge on any atom is -0.386 e. The van der Waals surface area contributed by atoms with Crippen molar-refractivity contribution < 1.29 is 19.4 Å². The van der Waals surface area contributed by atoms with E-state index in [1.807, 2.05) is 30.3 Å². The van der Waals surface area contributed by atoms with Gasteiger partial charge in [0.25, 0.3) is 7.37 Å². The Hall–Kier alpha value is -1.94. The Morgan fingerprint density at radius 3 is 2.14 bits per heavy atom. The normalized spacial score (nSPS) is 14.8. The van der Waals surface area contributed by atoms with Crippen molar-refractivity contribution in [3.8, 4) is 0 Å². The number of carbonyl (C=O) groups excluding carboxylic acids is 1. The number of hydrogen-bond donors (Lipinski definition) is 3. The molecule has 0 bridgehead atoms. The minimum atomic E-state index is -3.94. The van der Waals surface area contributed by atoms with Gasteiger partial charge >= 0.3 is 0 Å². The van der Waals surface area contributed by atoms with E-state index in [-0.39, 0.29) is 12.3 Å². The second-order valence-corrected chi connectivity index (χ2v) is 7.25. The van der Waals surface area contributed by atoms with Crippen LogP contribution in [0.1, 0.15) is 16.9 Å². The maximum absolute atomic E-state index is 12.2. The number of aliphatic hydroxyl groups is 1. The monoisotopic (exact) mass is 319 g/mol. The van der Waals surface area contributed by atoms with Gasteiger partial charge < -0.3 is 15.3 Å². The molecular weight excluding hydrogens is 301 g/mol. The Balaban J connectivity index is 2.17. The molecule has 0 spiro atoms. The second kappa shape index (κ2) is 7.36. The van der Waals surface area contributed by atoms with Crippen LogP contribution in [0.5, 0.6) is 0 Å². The van der Waals surface area contributed by atoms with Crippen molar-refractivity contribution in [2.24, 2.45) is 0 Å². The van der Waals surface area contributed by atoms with E-state index in [4.69, 9.17) is 5.11 Å². The van der Waals surface area contributed by atoms with Crippen molar-refractivity contribution in [1.82, 2.24) is 5.32 Å². The van der Waals surface area contributed by atoms with Crippen LogP contribution in [0.2, 0.25) is 0 Å². The molecular formula is C16H18NO4P. The lowest BCUT2D eigenvalue weighted by Gasteiger charge is -2.23. The fraction of sp³-hybridized carbons (Fsp3) is 0.188. The fourth-order valence-corrected chi connectivity index (χ4v) is 3.27. The van der Waals surface area contributed by atoms with Crippen molar-refractivity contribution in [3.05, 3.63) is 71.8 Å². The highest BCUT2D eigenvalue weighted by Crippen LogP contribution is 2.52. The molecule has 0 saturated heterocycles. The zero-order valence-electron chi connectivity index (χ0n) is 11.9. The molecule has 0 aromatic heterocycles. The molecule has 1 unspecified atom stereocenters. The van der Waals surface area contributed by atoms with Crippen molar-refractivity contribution in [3.63, 3.8) is 0 Å². The first-order valence-corrected chi connectivity index (χ1v) is 8.75. The van der Waals surface area contributed by atoms with Crippen LogP contribution in [-0.2, 0) is 15.8 Å². The average molecular weight is 319 g/mol. The molecule has 3 N–H and O–H groups in total. The van der Waals surface area contributed by atoms with E-state index in [1.165, 1.54) is 0 Å². The van der Waals surface area contributed by atoms with Gasteiger partial charge in [-0.25, -0.2) is 0 Å². The van der Waals surface area contributed by atoms with Gasteiger partial charge in [-0.15, -0.1) is 0 Å². The summed E-state index contributed by atoms with van der Waals surface area (Å²) in [5, 5.41) is 11.7. The van der Waals surface area contributed by atoms with Gasteiger partial charge in [0.05, 0.1) is 6.42 Å². The Morgan fingerprint density at radius 2 is 1.59 bits per heavy atom. The highest BCUT2D eigenvalue weighted by atomic mass is 31.2. The topological polar surface area (TPSA) is 86.6 Å². The summed E-state index contributed by atoms with van der Waals surface area (Å²) in [4.78, 5) is 22.1. The molecule has 2 atom stereocenters. The number of benzene rings is 2. The van der Waals surface area contributed by atoms with Crippen molar-refractivity contribution >= 4 is 13.3 Å². The van der Waals surface area contributed by atoms with E-state index < -0.39 is 19.5 Å². The summed E-state index contributed by atoms with van der Waals surface area (Å²) in [6.45, 7) is 0. The van der Waals surface area contributed by atoms with E-state index in [0.29, 0.717) is 5.56 Å². The number of carbonyl (C=O) groups is 1. The number of hydrogen-bond acceptors (Lipinski definition) is 3. The lowest BCUT2D eigenvalue weighted by molar-refractivity contribution is -0.120. The van der Waals surface area contributed by atoms with E-state index in [2.05, 4.69) is 5.32 Å². The zero-order chi connectivity index (χ0) is 16.0. The first-order valence-electron chi connectivity index (χ1n) is 6.83. The van der Waals surface area contributed by atoms with Crippen molar-refractivity contribution in [2.45, 2.75) is 12.2 Å². The Labute approximate surface area is 129 Å². The maximum Gasteiger partial charge on any atom is 0.251 e. The number of aliphatic hydroxyl groups excluding tert-OH is 1. The van der Waals surface area contributed by atoms with Gasteiger partial charge in [0.2, 0.25) is 5.91 Å². The van der Waals surface area contributed by atoms with Gasteiger partial charge in [-0.2, -0.15) is 0 Å². The molecule has 0 saturated carbocycles. The van der Waals surface area contributed by atoms with Gasteiger partial charge in [0.1, 0.15) is 12.1 Å². The summed E-state index contributed by atoms with van der Waals surface area (Å²) < 4.78 is 12.2. The van der Waals surface area contributed by atoms with Gasteiger partial charge in [-0.3, -0.25) is 9.36 Å². The van der Waals surface area contributed by atoms with E-state index in [9.17, 15) is 14.3 Å². The minimum absolute atomic E-state index is 0.107. The molecule has 0 aliphatic carbocycles. The molecule has 2 aromatic rings. The standard InChI is InChI=1S/C16H18NO4P/c18-12-22(20,21)16(14-9-5-2-6-10-14)17-15(19)11-13-7-3-1-4-8-13/h1-10,16,18H,11-12H2,(H,17,19)(H,20,21)/t16-/m1/s1. The zero-order valence-corrected chi connectivity index (χ0v) is 12.8. The quantitative estimate of drug-likeness (QED) is 0.713. The van der Waals surface area contributed by atoms with Crippen LogP contribution in [0.4, 0.5) is 0 Å². The summed E-state index contributed by atoms with van der Waals surface area (Å²) in [7, 11) is -3.94. The second-order valence-electron chi connectivity index (χ2n) is 4.94. The molecule has 0 aliphatic heterocycles. The van der Waals surface area contributed by atoms with Crippen LogP contribution in [0.25, 0.3) is 0 Å². The molecule has 6 heteroatoms. The third kappa shape index (κ3) is 4.28. The predicted octanol–water partition coefficient (Wildman–Crippen LogP) is 2.26. The van der Waals surface area contributed by atoms with Crippen LogP contribution in [0.3, 0.4) is 0 Å². The molecule has 116 valence electrons. The first-order chi connectivity index (χ1) is 10.5. The van der Waals surface area contributed by atoms with Crippen LogP contribution in [0, 0.1) is 0 Å². The first kappa shape index (κ1) is 16.4. The van der Waals surface area contributed by atoms with Crippen molar-refractivity contribution in [2.75, 3.05) is 6.35 Å². The third-order valence-corrected chi connectivity index (χ3v) is 4.87. The molecule has 0 aliphatic rings. The van der Waals surface area contributed by atoms with E-state index in [0.717, 1.165) is 5.56 Å². The van der Waals surface area contributed by atoms with Crippen LogP contribution < -0.4 is 5.32 Å². The molecule has 5 nitrogen and oxygen atoms in total. The molecule has 0 radical (unpaired) electrons. The molecule has 0 fully saturated rings. The van der Waals surface area contributed by atoms with Gasteiger partial charge in [-0.1, -0.05) is 60.7 Å². The third-order valence-electron chi connectivity index (χ3n) is 3.23. The summed E-state index contributed by atoms with van der Waals surface area (Å²) in [5.41, 5.74) is 1.30. The van der Waals surface area contributed by atoms with Gasteiger partial charge in [-0.05, 0) is 11.1 Å². The van der Waals surface area contributed by atoms with Gasteiger partial charge in [0.15, 0.2) is 0 Å². The molecule has 0 heterocycles. The average Bonchev–Trinajstić information content (AvgIpc) is 2.54. The summed E-state index contributed by atoms with van der Waals surface area (Å²) in [5.74, 6) is -1.49. The highest BCUT2D eigenvalue weighted by Gasteiger charge is 2.32. The van der Waals surface area contributed by atoms with E-state index in [1.54, 1.807) is 30.3 Å². The molecule has 1 amide bonds. The van der Waals surface area contributed by atoms with E-state index >= 15 is 0 Å². The van der Waals surface area contributed by atoms with Crippen LogP contribution in [-0.4, -0.2) is 22.3 Å². The van der Waals surface area contributed by atoms with Gasteiger partial charge in [0, 0.05) is 0 Å². The smallest absolute Gasteiger partial charge is 0.251 e. The number of amides is 1. The summed E-state index contributed by atoms with van der Waals surface area (Å²) >= 11 is 0. The van der Waals surface area contributed by atoms with Crippen molar-refractivity contribution in [1.29, 1.82) is 0 Å². The fourth-order valence-electron chi connectivity index (χ4n) is 2.12.